The first kappa shape index (κ1) is 21.3. The minimum atomic E-state index is -0.112. The van der Waals surface area contributed by atoms with Crippen molar-refractivity contribution in [1.82, 2.24) is 9.97 Å². The molecule has 6 rings (SSSR count). The maximum Gasteiger partial charge on any atom is 0.247 e. The number of aromatic nitrogens is 2. The summed E-state index contributed by atoms with van der Waals surface area (Å²) in [7, 11) is 0. The highest BCUT2D eigenvalue weighted by Gasteiger charge is 2.33. The Hall–Kier alpha value is -3.25. The van der Waals surface area contributed by atoms with Crippen LogP contribution in [0.5, 0.6) is 0 Å². The van der Waals surface area contributed by atoms with Gasteiger partial charge in [-0.05, 0) is 41.3 Å². The molecule has 0 spiro atoms. The Morgan fingerprint density at radius 3 is 2.47 bits per heavy atom. The zero-order chi connectivity index (χ0) is 23.1. The highest BCUT2D eigenvalue weighted by Crippen LogP contribution is 2.40. The van der Waals surface area contributed by atoms with Crippen molar-refractivity contribution in [2.45, 2.75) is 12.5 Å². The second-order valence-corrected chi connectivity index (χ2v) is 9.80. The number of hydrogen-bond donors (Lipinski definition) is 0. The van der Waals surface area contributed by atoms with Crippen molar-refractivity contribution in [3.8, 4) is 11.3 Å². The first-order valence-corrected chi connectivity index (χ1v) is 12.5. The minimum absolute atomic E-state index is 0.112. The molecule has 1 atom stereocenters. The van der Waals surface area contributed by atoms with Crippen LogP contribution in [0.4, 0.5) is 5.95 Å². The van der Waals surface area contributed by atoms with Gasteiger partial charge in [0.2, 0.25) is 5.95 Å². The Morgan fingerprint density at radius 1 is 0.853 bits per heavy atom. The Morgan fingerprint density at radius 2 is 1.68 bits per heavy atom. The third kappa shape index (κ3) is 3.86. The molecule has 0 N–H and O–H groups in total. The van der Waals surface area contributed by atoms with Crippen molar-refractivity contribution in [3.63, 3.8) is 0 Å². The SMILES string of the molecule is Clc1ccc2nc(N3N=C(c4cccs4)C[C@H]3c3ccccc3Cl)nc(-c3ccccc3)c2c1. The largest absolute Gasteiger partial charge is 0.247 e. The van der Waals surface area contributed by atoms with Crippen LogP contribution in [0, 0.1) is 0 Å². The summed E-state index contributed by atoms with van der Waals surface area (Å²) in [5.41, 5.74) is 4.63. The highest BCUT2D eigenvalue weighted by molar-refractivity contribution is 7.12. The average Bonchev–Trinajstić information content (AvgIpc) is 3.55. The van der Waals surface area contributed by atoms with Gasteiger partial charge in [0.15, 0.2) is 0 Å². The van der Waals surface area contributed by atoms with Crippen LogP contribution in [0.25, 0.3) is 22.2 Å². The predicted octanol–water partition coefficient (Wildman–Crippen LogP) is 8.02. The van der Waals surface area contributed by atoms with Gasteiger partial charge in [-0.1, -0.05) is 77.8 Å². The molecule has 0 aliphatic carbocycles. The quantitative estimate of drug-likeness (QED) is 0.250. The lowest BCUT2D eigenvalue weighted by Crippen LogP contribution is -2.21. The van der Waals surface area contributed by atoms with Crippen LogP contribution in [-0.4, -0.2) is 15.7 Å². The summed E-state index contributed by atoms with van der Waals surface area (Å²) in [6.45, 7) is 0. The van der Waals surface area contributed by atoms with Crippen molar-refractivity contribution < 1.29 is 0 Å². The number of rotatable bonds is 4. The molecule has 0 unspecified atom stereocenters. The van der Waals surface area contributed by atoms with E-state index in [0.717, 1.165) is 38.3 Å². The Balaban J connectivity index is 1.56. The predicted molar refractivity (Wildman–Crippen MR) is 142 cm³/mol. The number of halogens is 2. The van der Waals surface area contributed by atoms with Crippen LogP contribution >= 0.6 is 34.5 Å². The van der Waals surface area contributed by atoms with E-state index in [0.29, 0.717) is 22.4 Å². The van der Waals surface area contributed by atoms with Crippen LogP contribution in [0.3, 0.4) is 0 Å². The summed E-state index contributed by atoms with van der Waals surface area (Å²) in [6.07, 6.45) is 0.715. The molecular weight excluding hydrogens is 483 g/mol. The van der Waals surface area contributed by atoms with Gasteiger partial charge < -0.3 is 0 Å². The number of benzene rings is 3. The fourth-order valence-corrected chi connectivity index (χ4v) is 5.44. The van der Waals surface area contributed by atoms with Gasteiger partial charge in [-0.2, -0.15) is 5.10 Å². The van der Waals surface area contributed by atoms with E-state index in [1.807, 2.05) is 83.9 Å². The van der Waals surface area contributed by atoms with E-state index in [2.05, 4.69) is 11.4 Å². The second kappa shape index (κ2) is 8.84. The van der Waals surface area contributed by atoms with E-state index < -0.39 is 0 Å². The molecule has 3 heterocycles. The van der Waals surface area contributed by atoms with Crippen LogP contribution in [0.2, 0.25) is 10.0 Å². The molecule has 166 valence electrons. The topological polar surface area (TPSA) is 41.4 Å². The number of fused-ring (bicyclic) bond motifs is 1. The lowest BCUT2D eigenvalue weighted by Gasteiger charge is -2.23. The summed E-state index contributed by atoms with van der Waals surface area (Å²) in [4.78, 5) is 11.1. The molecule has 7 heteroatoms. The fourth-order valence-electron chi connectivity index (χ4n) is 4.28. The first-order chi connectivity index (χ1) is 16.7. The molecule has 0 bridgehead atoms. The summed E-state index contributed by atoms with van der Waals surface area (Å²) in [5, 5.41) is 11.2. The molecule has 1 aliphatic heterocycles. The molecule has 0 fully saturated rings. The van der Waals surface area contributed by atoms with Gasteiger partial charge in [0.1, 0.15) is 0 Å². The van der Waals surface area contributed by atoms with Crippen LogP contribution in [-0.2, 0) is 0 Å². The maximum atomic E-state index is 6.64. The minimum Gasteiger partial charge on any atom is -0.223 e. The van der Waals surface area contributed by atoms with E-state index >= 15 is 0 Å². The summed E-state index contributed by atoms with van der Waals surface area (Å²) in [5.74, 6) is 0.533. The van der Waals surface area contributed by atoms with Crippen molar-refractivity contribution in [2.24, 2.45) is 5.10 Å². The number of hydrogen-bond acceptors (Lipinski definition) is 5. The molecule has 0 saturated carbocycles. The Labute approximate surface area is 211 Å². The molecule has 2 aromatic heterocycles. The van der Waals surface area contributed by atoms with Crippen LogP contribution < -0.4 is 5.01 Å². The number of anilines is 1. The zero-order valence-electron chi connectivity index (χ0n) is 17.9. The third-order valence-electron chi connectivity index (χ3n) is 5.88. The zero-order valence-corrected chi connectivity index (χ0v) is 20.2. The van der Waals surface area contributed by atoms with E-state index in [9.17, 15) is 0 Å². The van der Waals surface area contributed by atoms with Gasteiger partial charge in [0, 0.05) is 27.4 Å². The second-order valence-electron chi connectivity index (χ2n) is 8.01. The summed E-state index contributed by atoms with van der Waals surface area (Å²) < 4.78 is 0. The lowest BCUT2D eigenvalue weighted by atomic mass is 10.0. The Bertz CT molecular complexity index is 1520. The molecule has 3 aromatic carbocycles. The van der Waals surface area contributed by atoms with Gasteiger partial charge in [-0.3, -0.25) is 0 Å². The van der Waals surface area contributed by atoms with Gasteiger partial charge in [-0.25, -0.2) is 15.0 Å². The van der Waals surface area contributed by atoms with Crippen molar-refractivity contribution in [1.29, 1.82) is 0 Å². The van der Waals surface area contributed by atoms with E-state index in [1.54, 1.807) is 11.3 Å². The third-order valence-corrected chi connectivity index (χ3v) is 7.38. The Kier molecular flexibility index (Phi) is 5.53. The standard InChI is InChI=1S/C27H18Cl2N4S/c28-18-12-13-22-20(15-18)26(17-7-2-1-3-8-17)31-27(30-22)33-24(19-9-4-5-10-21(19)29)16-23(32-33)25-11-6-14-34-25/h1-15,24H,16H2/t24-/m0/s1. The van der Waals surface area contributed by atoms with E-state index in [-0.39, 0.29) is 6.04 Å². The lowest BCUT2D eigenvalue weighted by molar-refractivity contribution is 0.689. The number of nitrogens with zero attached hydrogens (tertiary/aromatic N) is 4. The van der Waals surface area contributed by atoms with Gasteiger partial charge in [-0.15, -0.1) is 11.3 Å². The molecule has 0 radical (unpaired) electrons. The molecule has 0 amide bonds. The van der Waals surface area contributed by atoms with Gasteiger partial charge >= 0.3 is 0 Å². The maximum absolute atomic E-state index is 6.64. The van der Waals surface area contributed by atoms with Crippen molar-refractivity contribution in [3.05, 3.63) is 111 Å². The molecule has 0 saturated heterocycles. The van der Waals surface area contributed by atoms with Crippen LogP contribution in [0.1, 0.15) is 22.9 Å². The molecule has 4 nitrogen and oxygen atoms in total. The van der Waals surface area contributed by atoms with Crippen molar-refractivity contribution >= 4 is 57.1 Å². The molecule has 34 heavy (non-hydrogen) atoms. The van der Waals surface area contributed by atoms with Gasteiger partial charge in [0.05, 0.1) is 27.8 Å². The van der Waals surface area contributed by atoms with E-state index in [4.69, 9.17) is 38.3 Å². The van der Waals surface area contributed by atoms with E-state index in [1.165, 1.54) is 0 Å². The summed E-state index contributed by atoms with van der Waals surface area (Å²) >= 11 is 14.7. The first-order valence-electron chi connectivity index (χ1n) is 10.8. The average molecular weight is 501 g/mol. The van der Waals surface area contributed by atoms with Gasteiger partial charge in [0.25, 0.3) is 0 Å². The molecular formula is C27H18Cl2N4S. The monoisotopic (exact) mass is 500 g/mol. The summed E-state index contributed by atoms with van der Waals surface area (Å²) in [6, 6.07) is 27.7. The van der Waals surface area contributed by atoms with Crippen molar-refractivity contribution in [2.75, 3.05) is 5.01 Å². The number of hydrazone groups is 1. The fraction of sp³-hybridized carbons (Fsp3) is 0.0741. The number of thiophene rings is 1. The highest BCUT2D eigenvalue weighted by atomic mass is 35.5. The van der Waals surface area contributed by atoms with Crippen LogP contribution in [0.15, 0.2) is 95.4 Å². The molecule has 1 aliphatic rings. The smallest absolute Gasteiger partial charge is 0.223 e. The molecule has 5 aromatic rings. The normalized spacial score (nSPS) is 15.6.